The van der Waals surface area contributed by atoms with E-state index in [1.807, 2.05) is 25.1 Å². The van der Waals surface area contributed by atoms with Crippen molar-refractivity contribution in [1.82, 2.24) is 0 Å². The van der Waals surface area contributed by atoms with Crippen molar-refractivity contribution < 1.29 is 14.3 Å². The van der Waals surface area contributed by atoms with Gasteiger partial charge in [0.15, 0.2) is 0 Å². The molecule has 3 N–H and O–H groups in total. The smallest absolute Gasteiger partial charge is 0.224 e. The fourth-order valence-electron chi connectivity index (χ4n) is 2.29. The summed E-state index contributed by atoms with van der Waals surface area (Å²) >= 11 is 0. The summed E-state index contributed by atoms with van der Waals surface area (Å²) in [6.45, 7) is 3.85. The molecule has 1 atom stereocenters. The first kappa shape index (κ1) is 15.8. The molecule has 1 aromatic rings. The first-order chi connectivity index (χ1) is 10.2. The van der Waals surface area contributed by atoms with Crippen LogP contribution in [0.4, 0.5) is 5.69 Å². The molecule has 5 nitrogen and oxygen atoms in total. The number of nitrogens with two attached hydrogens (primary N) is 1. The van der Waals surface area contributed by atoms with Gasteiger partial charge in [-0.05, 0) is 50.4 Å². The van der Waals surface area contributed by atoms with Gasteiger partial charge in [0.25, 0.3) is 0 Å². The number of anilines is 1. The first-order valence-corrected chi connectivity index (χ1v) is 7.54. The van der Waals surface area contributed by atoms with Crippen LogP contribution in [-0.4, -0.2) is 31.8 Å². The van der Waals surface area contributed by atoms with Crippen LogP contribution in [0.15, 0.2) is 18.2 Å². The van der Waals surface area contributed by atoms with Crippen molar-refractivity contribution in [3.8, 4) is 5.75 Å². The normalized spacial score (nSPS) is 17.7. The predicted octanol–water partition coefficient (Wildman–Crippen LogP) is 2.23. The predicted molar refractivity (Wildman–Crippen MR) is 82.6 cm³/mol. The number of carbonyl (C=O) groups is 1. The standard InChI is InChI=1S/C16H24N2O3/c1-12-6-7-14(18-16(19)5-2-8-17)15(10-12)21-11-13-4-3-9-20-13/h6-7,10,13H,2-5,8-9,11,17H2,1H3,(H,18,19). The number of aryl methyl sites for hydroxylation is 1. The molecule has 1 aliphatic rings. The Morgan fingerprint density at radius 2 is 2.38 bits per heavy atom. The molecule has 1 aromatic carbocycles. The van der Waals surface area contributed by atoms with Gasteiger partial charge < -0.3 is 20.5 Å². The summed E-state index contributed by atoms with van der Waals surface area (Å²) in [5, 5.41) is 2.89. The zero-order chi connectivity index (χ0) is 15.1. The zero-order valence-electron chi connectivity index (χ0n) is 12.6. The Hall–Kier alpha value is -1.59. The van der Waals surface area contributed by atoms with Crippen LogP contribution >= 0.6 is 0 Å². The van der Waals surface area contributed by atoms with E-state index in [1.54, 1.807) is 0 Å². The van der Waals surface area contributed by atoms with E-state index < -0.39 is 0 Å². The van der Waals surface area contributed by atoms with E-state index in [2.05, 4.69) is 5.32 Å². The molecule has 1 heterocycles. The second-order valence-electron chi connectivity index (χ2n) is 5.39. The highest BCUT2D eigenvalue weighted by molar-refractivity contribution is 5.92. The molecule has 1 aliphatic heterocycles. The quantitative estimate of drug-likeness (QED) is 0.808. The second-order valence-corrected chi connectivity index (χ2v) is 5.39. The lowest BCUT2D eigenvalue weighted by atomic mass is 10.2. The number of ether oxygens (including phenoxy) is 2. The minimum Gasteiger partial charge on any atom is -0.489 e. The maximum absolute atomic E-state index is 11.8. The molecular formula is C16H24N2O3. The minimum atomic E-state index is -0.0359. The summed E-state index contributed by atoms with van der Waals surface area (Å²) in [4.78, 5) is 11.8. The van der Waals surface area contributed by atoms with Gasteiger partial charge in [-0.25, -0.2) is 0 Å². The molecule has 1 amide bonds. The molecule has 1 saturated heterocycles. The van der Waals surface area contributed by atoms with Gasteiger partial charge in [0.1, 0.15) is 12.4 Å². The first-order valence-electron chi connectivity index (χ1n) is 7.54. The van der Waals surface area contributed by atoms with Crippen LogP contribution in [0.2, 0.25) is 0 Å². The topological polar surface area (TPSA) is 73.6 Å². The monoisotopic (exact) mass is 292 g/mol. The molecule has 5 heteroatoms. The molecule has 0 spiro atoms. The molecule has 1 unspecified atom stereocenters. The Labute approximate surface area is 125 Å². The average molecular weight is 292 g/mol. The van der Waals surface area contributed by atoms with Gasteiger partial charge in [-0.3, -0.25) is 4.79 Å². The number of amides is 1. The highest BCUT2D eigenvalue weighted by Crippen LogP contribution is 2.27. The Morgan fingerprint density at radius 3 is 3.10 bits per heavy atom. The molecule has 0 saturated carbocycles. The molecule has 1 fully saturated rings. The van der Waals surface area contributed by atoms with E-state index in [-0.39, 0.29) is 12.0 Å². The summed E-state index contributed by atoms with van der Waals surface area (Å²) in [7, 11) is 0. The maximum Gasteiger partial charge on any atom is 0.224 e. The Bertz CT molecular complexity index is 471. The third-order valence-electron chi connectivity index (χ3n) is 3.47. The van der Waals surface area contributed by atoms with Crippen LogP contribution in [0.1, 0.15) is 31.2 Å². The second kappa shape index (κ2) is 8.00. The van der Waals surface area contributed by atoms with Crippen LogP contribution in [0.3, 0.4) is 0 Å². The summed E-state index contributed by atoms with van der Waals surface area (Å²) < 4.78 is 11.4. The molecule has 0 bridgehead atoms. The molecular weight excluding hydrogens is 268 g/mol. The number of rotatable bonds is 7. The maximum atomic E-state index is 11.8. The Morgan fingerprint density at radius 1 is 1.52 bits per heavy atom. The van der Waals surface area contributed by atoms with E-state index >= 15 is 0 Å². The van der Waals surface area contributed by atoms with Crippen molar-refractivity contribution in [3.05, 3.63) is 23.8 Å². The van der Waals surface area contributed by atoms with Crippen molar-refractivity contribution in [2.24, 2.45) is 5.73 Å². The van der Waals surface area contributed by atoms with E-state index in [9.17, 15) is 4.79 Å². The summed E-state index contributed by atoms with van der Waals surface area (Å²) in [5.74, 6) is 0.665. The highest BCUT2D eigenvalue weighted by Gasteiger charge is 2.17. The molecule has 116 valence electrons. The number of hydrogen-bond donors (Lipinski definition) is 2. The van der Waals surface area contributed by atoms with Gasteiger partial charge >= 0.3 is 0 Å². The number of nitrogens with one attached hydrogen (secondary N) is 1. The van der Waals surface area contributed by atoms with Crippen LogP contribution in [-0.2, 0) is 9.53 Å². The summed E-state index contributed by atoms with van der Waals surface area (Å²) in [6, 6.07) is 5.77. The van der Waals surface area contributed by atoms with Gasteiger partial charge in [0.05, 0.1) is 11.8 Å². The van der Waals surface area contributed by atoms with Crippen molar-refractivity contribution >= 4 is 11.6 Å². The molecule has 0 aliphatic carbocycles. The van der Waals surface area contributed by atoms with E-state index in [0.29, 0.717) is 37.4 Å². The van der Waals surface area contributed by atoms with Crippen LogP contribution in [0, 0.1) is 6.92 Å². The third-order valence-corrected chi connectivity index (χ3v) is 3.47. The SMILES string of the molecule is Cc1ccc(NC(=O)CCCN)c(OCC2CCCO2)c1. The van der Waals surface area contributed by atoms with Crippen LogP contribution < -0.4 is 15.8 Å². The average Bonchev–Trinajstić information content (AvgIpc) is 2.98. The lowest BCUT2D eigenvalue weighted by Gasteiger charge is -2.16. The number of carbonyl (C=O) groups excluding carboxylic acids is 1. The van der Waals surface area contributed by atoms with Gasteiger partial charge in [0.2, 0.25) is 5.91 Å². The van der Waals surface area contributed by atoms with E-state index in [1.165, 1.54) is 0 Å². The van der Waals surface area contributed by atoms with Crippen LogP contribution in [0.25, 0.3) is 0 Å². The van der Waals surface area contributed by atoms with Gasteiger partial charge in [-0.15, -0.1) is 0 Å². The molecule has 2 rings (SSSR count). The lowest BCUT2D eigenvalue weighted by molar-refractivity contribution is -0.116. The number of hydrogen-bond acceptors (Lipinski definition) is 4. The highest BCUT2D eigenvalue weighted by atomic mass is 16.5. The Balaban J connectivity index is 1.97. The van der Waals surface area contributed by atoms with Gasteiger partial charge in [-0.1, -0.05) is 6.07 Å². The largest absolute Gasteiger partial charge is 0.489 e. The fourth-order valence-corrected chi connectivity index (χ4v) is 2.29. The van der Waals surface area contributed by atoms with E-state index in [0.717, 1.165) is 25.0 Å². The molecule has 21 heavy (non-hydrogen) atoms. The minimum absolute atomic E-state index is 0.0359. The van der Waals surface area contributed by atoms with Crippen molar-refractivity contribution in [2.45, 2.75) is 38.7 Å². The van der Waals surface area contributed by atoms with Crippen molar-refractivity contribution in [2.75, 3.05) is 25.1 Å². The molecule has 0 radical (unpaired) electrons. The van der Waals surface area contributed by atoms with Crippen molar-refractivity contribution in [3.63, 3.8) is 0 Å². The van der Waals surface area contributed by atoms with Crippen molar-refractivity contribution in [1.29, 1.82) is 0 Å². The fraction of sp³-hybridized carbons (Fsp3) is 0.562. The summed E-state index contributed by atoms with van der Waals surface area (Å²) in [5.41, 5.74) is 7.22. The molecule has 0 aromatic heterocycles. The third kappa shape index (κ3) is 5.02. The van der Waals surface area contributed by atoms with Gasteiger partial charge in [0, 0.05) is 13.0 Å². The zero-order valence-corrected chi connectivity index (χ0v) is 12.6. The lowest BCUT2D eigenvalue weighted by Crippen LogP contribution is -2.18. The van der Waals surface area contributed by atoms with E-state index in [4.69, 9.17) is 15.2 Å². The Kier molecular flexibility index (Phi) is 6.02. The van der Waals surface area contributed by atoms with Crippen LogP contribution in [0.5, 0.6) is 5.75 Å². The number of benzene rings is 1. The summed E-state index contributed by atoms with van der Waals surface area (Å²) in [6.07, 6.45) is 3.39. The van der Waals surface area contributed by atoms with Gasteiger partial charge in [-0.2, -0.15) is 0 Å².